The summed E-state index contributed by atoms with van der Waals surface area (Å²) in [4.78, 5) is 11.2. The number of halogens is 1. The van der Waals surface area contributed by atoms with Gasteiger partial charge in [0.25, 0.3) is 0 Å². The number of benzene rings is 3. The average molecular weight is 433 g/mol. The quantitative estimate of drug-likeness (QED) is 0.467. The van der Waals surface area contributed by atoms with Gasteiger partial charge in [0.2, 0.25) is 0 Å². The minimum atomic E-state index is -0.984. The van der Waals surface area contributed by atoms with Gasteiger partial charge in [-0.15, -0.1) is 0 Å². The lowest BCUT2D eigenvalue weighted by molar-refractivity contribution is -0.00606. The molecule has 4 heteroatoms. The predicted octanol–water partition coefficient (Wildman–Crippen LogP) is 7.03. The van der Waals surface area contributed by atoms with E-state index >= 15 is 0 Å². The zero-order valence-electron chi connectivity index (χ0n) is 17.3. The highest BCUT2D eigenvalue weighted by Gasteiger charge is 2.52. The van der Waals surface area contributed by atoms with Crippen LogP contribution in [0.2, 0.25) is 5.02 Å². The summed E-state index contributed by atoms with van der Waals surface area (Å²) in [6.45, 7) is 0. The molecule has 4 aliphatic rings. The van der Waals surface area contributed by atoms with Crippen LogP contribution in [0.15, 0.2) is 48.5 Å². The number of phenols is 1. The molecule has 0 aromatic heterocycles. The second-order valence-electron chi connectivity index (χ2n) is 10.1. The Morgan fingerprint density at radius 1 is 0.871 bits per heavy atom. The van der Waals surface area contributed by atoms with Crippen LogP contribution in [0.25, 0.3) is 21.9 Å². The van der Waals surface area contributed by atoms with Gasteiger partial charge in [-0.05, 0) is 108 Å². The van der Waals surface area contributed by atoms with Crippen LogP contribution in [0.3, 0.4) is 0 Å². The van der Waals surface area contributed by atoms with Crippen molar-refractivity contribution in [2.75, 3.05) is 0 Å². The molecule has 3 nitrogen and oxygen atoms in total. The summed E-state index contributed by atoms with van der Waals surface area (Å²) < 4.78 is 0. The van der Waals surface area contributed by atoms with Gasteiger partial charge in [-0.3, -0.25) is 0 Å². The van der Waals surface area contributed by atoms with Crippen LogP contribution in [-0.4, -0.2) is 16.2 Å². The van der Waals surface area contributed by atoms with Gasteiger partial charge in [0.15, 0.2) is 0 Å². The third kappa shape index (κ3) is 3.05. The third-order valence-corrected chi connectivity index (χ3v) is 8.40. The van der Waals surface area contributed by atoms with Crippen molar-refractivity contribution < 1.29 is 15.0 Å². The molecule has 31 heavy (non-hydrogen) atoms. The number of carboxylic acids is 1. The van der Waals surface area contributed by atoms with Gasteiger partial charge >= 0.3 is 5.97 Å². The Morgan fingerprint density at radius 3 is 2.16 bits per heavy atom. The van der Waals surface area contributed by atoms with Crippen molar-refractivity contribution in [3.63, 3.8) is 0 Å². The van der Waals surface area contributed by atoms with E-state index in [1.165, 1.54) is 44.6 Å². The smallest absolute Gasteiger partial charge is 0.335 e. The topological polar surface area (TPSA) is 57.5 Å². The van der Waals surface area contributed by atoms with Gasteiger partial charge in [0.05, 0.1) is 5.56 Å². The Balaban J connectivity index is 1.44. The van der Waals surface area contributed by atoms with Crippen molar-refractivity contribution in [2.45, 2.75) is 43.9 Å². The molecule has 4 bridgehead atoms. The summed E-state index contributed by atoms with van der Waals surface area (Å²) in [6, 6.07) is 15.1. The molecule has 2 N–H and O–H groups in total. The Morgan fingerprint density at radius 2 is 1.55 bits per heavy atom. The fourth-order valence-corrected chi connectivity index (χ4v) is 7.49. The van der Waals surface area contributed by atoms with E-state index in [0.717, 1.165) is 45.2 Å². The largest absolute Gasteiger partial charge is 0.508 e. The first-order valence-electron chi connectivity index (χ1n) is 11.2. The Hall–Kier alpha value is -2.52. The Labute approximate surface area is 186 Å². The van der Waals surface area contributed by atoms with Crippen LogP contribution >= 0.6 is 11.6 Å². The molecule has 7 rings (SSSR count). The number of carbonyl (C=O) groups is 1. The highest BCUT2D eigenvalue weighted by molar-refractivity contribution is 6.33. The van der Waals surface area contributed by atoms with Crippen LogP contribution in [0, 0.1) is 17.8 Å². The maximum absolute atomic E-state index is 11.2. The molecule has 0 spiro atoms. The SMILES string of the molecule is O=C(O)c1ccc(-c2ccc3cc(O)c(C45CC6CC(CC(C6)C4)C5)cc3c2)c(Cl)c1. The zero-order valence-corrected chi connectivity index (χ0v) is 18.0. The summed E-state index contributed by atoms with van der Waals surface area (Å²) >= 11 is 6.42. The first kappa shape index (κ1) is 19.2. The molecule has 3 aromatic carbocycles. The first-order chi connectivity index (χ1) is 14.9. The van der Waals surface area contributed by atoms with E-state index in [4.69, 9.17) is 11.6 Å². The number of hydrogen-bond donors (Lipinski definition) is 2. The number of fused-ring (bicyclic) bond motifs is 1. The molecule has 4 fully saturated rings. The fraction of sp³-hybridized carbons (Fsp3) is 0.370. The summed E-state index contributed by atoms with van der Waals surface area (Å²) in [6.07, 6.45) is 7.76. The van der Waals surface area contributed by atoms with E-state index in [9.17, 15) is 15.0 Å². The van der Waals surface area contributed by atoms with Crippen molar-refractivity contribution in [3.8, 4) is 16.9 Å². The lowest BCUT2D eigenvalue weighted by atomic mass is 9.48. The second-order valence-corrected chi connectivity index (χ2v) is 10.5. The van der Waals surface area contributed by atoms with E-state index in [1.54, 1.807) is 12.1 Å². The Bertz CT molecular complexity index is 1190. The van der Waals surface area contributed by atoms with Crippen molar-refractivity contribution in [1.29, 1.82) is 0 Å². The number of aromatic carboxylic acids is 1. The van der Waals surface area contributed by atoms with Crippen LogP contribution in [0.1, 0.15) is 54.4 Å². The van der Waals surface area contributed by atoms with E-state index in [2.05, 4.69) is 12.1 Å². The maximum atomic E-state index is 11.2. The van der Waals surface area contributed by atoms with Gasteiger partial charge in [0.1, 0.15) is 5.75 Å². The molecular formula is C27H25ClO3. The summed E-state index contributed by atoms with van der Waals surface area (Å²) in [5.74, 6) is 1.91. The van der Waals surface area contributed by atoms with Crippen LogP contribution in [0.4, 0.5) is 0 Å². The molecule has 0 amide bonds. The highest BCUT2D eigenvalue weighted by atomic mass is 35.5. The van der Waals surface area contributed by atoms with Crippen molar-refractivity contribution in [1.82, 2.24) is 0 Å². The van der Waals surface area contributed by atoms with E-state index < -0.39 is 5.97 Å². The molecular weight excluding hydrogens is 408 g/mol. The van der Waals surface area contributed by atoms with Crippen LogP contribution in [0.5, 0.6) is 5.75 Å². The molecule has 0 heterocycles. The van der Waals surface area contributed by atoms with Gasteiger partial charge in [0, 0.05) is 16.1 Å². The van der Waals surface area contributed by atoms with Crippen molar-refractivity contribution >= 4 is 28.3 Å². The van der Waals surface area contributed by atoms with Gasteiger partial charge < -0.3 is 10.2 Å². The standard InChI is InChI=1S/C27H25ClO3/c28-24-10-20(26(30)31)3-4-22(24)19-2-1-18-11-25(29)23(9-21(18)8-19)27-12-15-5-16(13-27)7-17(6-15)14-27/h1-4,8-11,15-17,29H,5-7,12-14H2,(H,30,31). The minimum Gasteiger partial charge on any atom is -0.508 e. The average Bonchev–Trinajstić information content (AvgIpc) is 2.72. The van der Waals surface area contributed by atoms with E-state index in [0.29, 0.717) is 10.8 Å². The number of rotatable bonds is 3. The number of phenolic OH excluding ortho intramolecular Hbond substituents is 1. The minimum absolute atomic E-state index is 0.129. The normalized spacial score (nSPS) is 28.9. The Kier molecular flexibility index (Phi) is 4.17. The molecule has 0 saturated heterocycles. The number of hydrogen-bond acceptors (Lipinski definition) is 2. The number of carboxylic acid groups (broad SMARTS) is 1. The summed E-state index contributed by atoms with van der Waals surface area (Å²) in [5, 5.41) is 22.7. The number of aromatic hydroxyl groups is 1. The molecule has 158 valence electrons. The summed E-state index contributed by atoms with van der Waals surface area (Å²) in [7, 11) is 0. The second kappa shape index (κ2) is 6.74. The van der Waals surface area contributed by atoms with Gasteiger partial charge in [-0.2, -0.15) is 0 Å². The summed E-state index contributed by atoms with van der Waals surface area (Å²) in [5.41, 5.74) is 3.21. The lowest BCUT2D eigenvalue weighted by Crippen LogP contribution is -2.48. The highest BCUT2D eigenvalue weighted by Crippen LogP contribution is 2.62. The molecule has 0 unspecified atom stereocenters. The molecule has 3 aromatic rings. The van der Waals surface area contributed by atoms with Crippen molar-refractivity contribution in [2.24, 2.45) is 17.8 Å². The van der Waals surface area contributed by atoms with E-state index in [1.807, 2.05) is 18.2 Å². The zero-order chi connectivity index (χ0) is 21.3. The molecule has 4 aliphatic carbocycles. The fourth-order valence-electron chi connectivity index (χ4n) is 7.20. The van der Waals surface area contributed by atoms with Crippen LogP contribution < -0.4 is 0 Å². The molecule has 0 atom stereocenters. The van der Waals surface area contributed by atoms with Crippen molar-refractivity contribution in [3.05, 3.63) is 64.7 Å². The lowest BCUT2D eigenvalue weighted by Gasteiger charge is -2.57. The first-order valence-corrected chi connectivity index (χ1v) is 11.6. The molecule has 0 aliphatic heterocycles. The predicted molar refractivity (Wildman–Crippen MR) is 123 cm³/mol. The van der Waals surface area contributed by atoms with E-state index in [-0.39, 0.29) is 11.0 Å². The van der Waals surface area contributed by atoms with Gasteiger partial charge in [-0.25, -0.2) is 4.79 Å². The molecule has 4 saturated carbocycles. The van der Waals surface area contributed by atoms with Crippen LogP contribution in [-0.2, 0) is 5.41 Å². The molecule has 0 radical (unpaired) electrons. The van der Waals surface area contributed by atoms with Gasteiger partial charge in [-0.1, -0.05) is 29.8 Å². The maximum Gasteiger partial charge on any atom is 0.335 e. The monoisotopic (exact) mass is 432 g/mol. The third-order valence-electron chi connectivity index (χ3n) is 8.09.